The molecule has 94 valence electrons. The second-order valence-corrected chi connectivity index (χ2v) is 3.77. The Balaban J connectivity index is 2.13. The minimum absolute atomic E-state index is 0.246. The lowest BCUT2D eigenvalue weighted by atomic mass is 10.2. The Bertz CT molecular complexity index is 552. The highest BCUT2D eigenvalue weighted by Crippen LogP contribution is 2.07. The van der Waals surface area contributed by atoms with Crippen molar-refractivity contribution >= 4 is 6.09 Å². The maximum absolute atomic E-state index is 12.8. The molecule has 0 aliphatic rings. The van der Waals surface area contributed by atoms with Crippen LogP contribution in [0.4, 0.5) is 9.18 Å². The summed E-state index contributed by atoms with van der Waals surface area (Å²) in [7, 11) is 1.47. The van der Waals surface area contributed by atoms with E-state index in [1.54, 1.807) is 12.1 Å². The van der Waals surface area contributed by atoms with Gasteiger partial charge in [-0.2, -0.15) is 5.10 Å². The molecular formula is C11H11FN4O2. The molecule has 18 heavy (non-hydrogen) atoms. The summed E-state index contributed by atoms with van der Waals surface area (Å²) in [5.74, 6) is 0.0344. The average Bonchev–Trinajstić information content (AvgIpc) is 2.76. The van der Waals surface area contributed by atoms with Crippen molar-refractivity contribution in [3.8, 4) is 5.82 Å². The maximum Gasteiger partial charge on any atom is 0.407 e. The van der Waals surface area contributed by atoms with Gasteiger partial charge in [0.15, 0.2) is 11.6 Å². The number of aromatic nitrogens is 3. The van der Waals surface area contributed by atoms with Gasteiger partial charge >= 0.3 is 6.09 Å². The van der Waals surface area contributed by atoms with Gasteiger partial charge in [0, 0.05) is 13.2 Å². The zero-order valence-electron chi connectivity index (χ0n) is 9.62. The van der Waals surface area contributed by atoms with E-state index in [0.29, 0.717) is 5.82 Å². The second-order valence-electron chi connectivity index (χ2n) is 3.77. The summed E-state index contributed by atoms with van der Waals surface area (Å²) >= 11 is 0. The van der Waals surface area contributed by atoms with E-state index in [2.05, 4.69) is 10.1 Å². The van der Waals surface area contributed by atoms with Gasteiger partial charge in [0.2, 0.25) is 0 Å². The number of rotatable bonds is 3. The van der Waals surface area contributed by atoms with Crippen molar-refractivity contribution in [2.45, 2.75) is 6.54 Å². The monoisotopic (exact) mass is 250 g/mol. The lowest BCUT2D eigenvalue weighted by molar-refractivity contribution is 0.153. The molecule has 0 bridgehead atoms. The number of carboxylic acid groups (broad SMARTS) is 1. The normalized spacial score (nSPS) is 10.3. The molecule has 0 atom stereocenters. The molecule has 0 aliphatic heterocycles. The van der Waals surface area contributed by atoms with Crippen LogP contribution >= 0.6 is 0 Å². The van der Waals surface area contributed by atoms with E-state index in [9.17, 15) is 9.18 Å². The highest BCUT2D eigenvalue weighted by molar-refractivity contribution is 5.64. The minimum atomic E-state index is -1.01. The van der Waals surface area contributed by atoms with E-state index in [-0.39, 0.29) is 6.54 Å². The summed E-state index contributed by atoms with van der Waals surface area (Å²) in [5.41, 5.74) is 0.747. The van der Waals surface area contributed by atoms with Gasteiger partial charge in [0.05, 0.1) is 18.9 Å². The first kappa shape index (κ1) is 12.0. The number of amides is 1. The van der Waals surface area contributed by atoms with E-state index in [1.165, 1.54) is 24.1 Å². The predicted octanol–water partition coefficient (Wildman–Crippen LogP) is 1.52. The Morgan fingerprint density at radius 3 is 2.78 bits per heavy atom. The van der Waals surface area contributed by atoms with Crippen molar-refractivity contribution in [3.05, 3.63) is 42.1 Å². The number of hydrogen-bond donors (Lipinski definition) is 1. The summed E-state index contributed by atoms with van der Waals surface area (Å²) in [5, 5.41) is 12.5. The summed E-state index contributed by atoms with van der Waals surface area (Å²) < 4.78 is 14.1. The zero-order valence-corrected chi connectivity index (χ0v) is 9.62. The molecule has 0 unspecified atom stereocenters. The lowest BCUT2D eigenvalue weighted by Gasteiger charge is -2.12. The van der Waals surface area contributed by atoms with Crippen molar-refractivity contribution in [1.29, 1.82) is 0 Å². The van der Waals surface area contributed by atoms with E-state index in [1.807, 2.05) is 0 Å². The third-order valence-electron chi connectivity index (χ3n) is 2.34. The maximum atomic E-state index is 12.8. The molecule has 7 heteroatoms. The standard InChI is InChI=1S/C11H11FN4O2/c1-15(11(17)18)6-8-2-3-10(13-4-8)16-7-9(12)5-14-16/h2-5,7H,6H2,1H3,(H,17,18). The van der Waals surface area contributed by atoms with Gasteiger partial charge in [-0.15, -0.1) is 0 Å². The van der Waals surface area contributed by atoms with E-state index >= 15 is 0 Å². The van der Waals surface area contributed by atoms with E-state index in [0.717, 1.165) is 16.7 Å². The molecule has 0 saturated carbocycles. The number of carbonyl (C=O) groups is 1. The van der Waals surface area contributed by atoms with E-state index < -0.39 is 11.9 Å². The fourth-order valence-corrected chi connectivity index (χ4v) is 1.41. The van der Waals surface area contributed by atoms with Crippen LogP contribution < -0.4 is 0 Å². The van der Waals surface area contributed by atoms with Crippen LogP contribution in [0, 0.1) is 5.82 Å². The predicted molar refractivity (Wildman–Crippen MR) is 60.8 cm³/mol. The van der Waals surface area contributed by atoms with Crippen LogP contribution in [0.25, 0.3) is 5.82 Å². The molecular weight excluding hydrogens is 239 g/mol. The number of halogens is 1. The topological polar surface area (TPSA) is 71.2 Å². The first-order valence-corrected chi connectivity index (χ1v) is 5.16. The fourth-order valence-electron chi connectivity index (χ4n) is 1.41. The number of pyridine rings is 1. The third kappa shape index (κ3) is 2.62. The van der Waals surface area contributed by atoms with Crippen LogP contribution in [0.3, 0.4) is 0 Å². The smallest absolute Gasteiger partial charge is 0.407 e. The van der Waals surface area contributed by atoms with Crippen LogP contribution in [-0.4, -0.2) is 37.9 Å². The summed E-state index contributed by atoms with van der Waals surface area (Å²) in [6.45, 7) is 0.246. The minimum Gasteiger partial charge on any atom is -0.465 e. The average molecular weight is 250 g/mol. The van der Waals surface area contributed by atoms with Crippen LogP contribution in [0.15, 0.2) is 30.7 Å². The molecule has 0 fully saturated rings. The first-order chi connectivity index (χ1) is 8.56. The van der Waals surface area contributed by atoms with Gasteiger partial charge in [-0.25, -0.2) is 18.9 Å². The molecule has 0 saturated heterocycles. The molecule has 1 amide bonds. The van der Waals surface area contributed by atoms with Gasteiger partial charge < -0.3 is 10.0 Å². The van der Waals surface area contributed by atoms with Gasteiger partial charge in [-0.05, 0) is 11.6 Å². The molecule has 2 rings (SSSR count). The summed E-state index contributed by atoms with van der Waals surface area (Å²) in [4.78, 5) is 15.9. The van der Waals surface area contributed by atoms with Gasteiger partial charge in [0.1, 0.15) is 0 Å². The Labute approximate surface area is 102 Å². The Kier molecular flexibility index (Phi) is 3.22. The molecule has 0 spiro atoms. The molecule has 2 aromatic heterocycles. The highest BCUT2D eigenvalue weighted by Gasteiger charge is 2.07. The first-order valence-electron chi connectivity index (χ1n) is 5.16. The van der Waals surface area contributed by atoms with Crippen molar-refractivity contribution in [2.75, 3.05) is 7.05 Å². The lowest BCUT2D eigenvalue weighted by Crippen LogP contribution is -2.23. The van der Waals surface area contributed by atoms with Gasteiger partial charge in [0.25, 0.3) is 0 Å². The molecule has 6 nitrogen and oxygen atoms in total. The summed E-state index contributed by atoms with van der Waals surface area (Å²) in [6, 6.07) is 3.37. The Morgan fingerprint density at radius 1 is 1.50 bits per heavy atom. The van der Waals surface area contributed by atoms with Crippen LogP contribution in [-0.2, 0) is 6.54 Å². The molecule has 1 N–H and O–H groups in total. The Hall–Kier alpha value is -2.44. The third-order valence-corrected chi connectivity index (χ3v) is 2.34. The fraction of sp³-hybridized carbons (Fsp3) is 0.182. The van der Waals surface area contributed by atoms with Crippen molar-refractivity contribution in [1.82, 2.24) is 19.7 Å². The molecule has 2 heterocycles. The van der Waals surface area contributed by atoms with E-state index in [4.69, 9.17) is 5.11 Å². The van der Waals surface area contributed by atoms with Crippen molar-refractivity contribution in [2.24, 2.45) is 0 Å². The van der Waals surface area contributed by atoms with Crippen LogP contribution in [0.5, 0.6) is 0 Å². The van der Waals surface area contributed by atoms with Crippen LogP contribution in [0.1, 0.15) is 5.56 Å². The van der Waals surface area contributed by atoms with Crippen molar-refractivity contribution in [3.63, 3.8) is 0 Å². The molecule has 0 aliphatic carbocycles. The quantitative estimate of drug-likeness (QED) is 0.896. The largest absolute Gasteiger partial charge is 0.465 e. The van der Waals surface area contributed by atoms with Gasteiger partial charge in [-0.3, -0.25) is 0 Å². The molecule has 0 aromatic carbocycles. The Morgan fingerprint density at radius 2 is 2.28 bits per heavy atom. The number of hydrogen-bond acceptors (Lipinski definition) is 3. The number of nitrogens with zero attached hydrogens (tertiary/aromatic N) is 4. The molecule has 0 radical (unpaired) electrons. The zero-order chi connectivity index (χ0) is 13.1. The van der Waals surface area contributed by atoms with Gasteiger partial charge in [-0.1, -0.05) is 6.07 Å². The highest BCUT2D eigenvalue weighted by atomic mass is 19.1. The molecule has 2 aromatic rings. The summed E-state index contributed by atoms with van der Waals surface area (Å²) in [6.07, 6.45) is 2.83. The van der Waals surface area contributed by atoms with Crippen LogP contribution in [0.2, 0.25) is 0 Å². The SMILES string of the molecule is CN(Cc1ccc(-n2cc(F)cn2)nc1)C(=O)O. The second kappa shape index (κ2) is 4.82. The van der Waals surface area contributed by atoms with Crippen molar-refractivity contribution < 1.29 is 14.3 Å².